The van der Waals surface area contributed by atoms with Crippen LogP contribution in [0.2, 0.25) is 0 Å². The molecule has 14 heavy (non-hydrogen) atoms. The van der Waals surface area contributed by atoms with Gasteiger partial charge < -0.3 is 10.6 Å². The molecule has 1 aromatic rings. The monoisotopic (exact) mass is 191 g/mol. The van der Waals surface area contributed by atoms with E-state index in [1.54, 1.807) is 0 Å². The van der Waals surface area contributed by atoms with Crippen molar-refractivity contribution in [2.75, 3.05) is 25.5 Å². The predicted octanol–water partition coefficient (Wildman–Crippen LogP) is 1.14. The topological polar surface area (TPSA) is 42.1 Å². The summed E-state index contributed by atoms with van der Waals surface area (Å²) in [5.41, 5.74) is 7.32. The Bertz CT molecular complexity index is 312. The summed E-state index contributed by atoms with van der Waals surface area (Å²) in [6.07, 6.45) is 4.40. The van der Waals surface area contributed by atoms with E-state index in [9.17, 15) is 0 Å². The molecule has 3 nitrogen and oxygen atoms in total. The lowest BCUT2D eigenvalue weighted by Gasteiger charge is -2.15. The van der Waals surface area contributed by atoms with Crippen LogP contribution in [0.25, 0.3) is 0 Å². The smallest absolute Gasteiger partial charge is 0.127 e. The summed E-state index contributed by atoms with van der Waals surface area (Å²) in [4.78, 5) is 6.41. The van der Waals surface area contributed by atoms with E-state index in [0.29, 0.717) is 0 Å². The minimum Gasteiger partial charge on any atom is -0.363 e. The first-order chi connectivity index (χ1) is 6.68. The van der Waals surface area contributed by atoms with Gasteiger partial charge in [-0.15, -0.1) is 0 Å². The van der Waals surface area contributed by atoms with Crippen LogP contribution in [0, 0.1) is 0 Å². The van der Waals surface area contributed by atoms with Gasteiger partial charge in [0.25, 0.3) is 0 Å². The van der Waals surface area contributed by atoms with Crippen molar-refractivity contribution < 1.29 is 0 Å². The lowest BCUT2D eigenvalue weighted by molar-refractivity contribution is 0.700. The van der Waals surface area contributed by atoms with Gasteiger partial charge in [0.1, 0.15) is 5.82 Å². The number of pyridine rings is 1. The van der Waals surface area contributed by atoms with Gasteiger partial charge >= 0.3 is 0 Å². The quantitative estimate of drug-likeness (QED) is 0.779. The molecule has 0 saturated heterocycles. The SMILES string of the molecule is CN(C)c1ccc(C2(CN)CC2)cn1. The molecule has 1 aliphatic rings. The van der Waals surface area contributed by atoms with E-state index < -0.39 is 0 Å². The normalized spacial score (nSPS) is 17.9. The van der Waals surface area contributed by atoms with E-state index >= 15 is 0 Å². The minimum atomic E-state index is 0.262. The second-order valence-electron chi connectivity index (χ2n) is 4.28. The fraction of sp³-hybridized carbons (Fsp3) is 0.545. The highest BCUT2D eigenvalue weighted by molar-refractivity contribution is 5.40. The molecule has 2 N–H and O–H groups in total. The highest BCUT2D eigenvalue weighted by Gasteiger charge is 2.42. The van der Waals surface area contributed by atoms with Crippen LogP contribution < -0.4 is 10.6 Å². The first kappa shape index (κ1) is 9.46. The molecule has 1 fully saturated rings. The van der Waals surface area contributed by atoms with Crippen LogP contribution in [-0.2, 0) is 5.41 Å². The van der Waals surface area contributed by atoms with Crippen LogP contribution in [0.1, 0.15) is 18.4 Å². The van der Waals surface area contributed by atoms with E-state index in [1.165, 1.54) is 18.4 Å². The molecule has 0 atom stereocenters. The zero-order valence-electron chi connectivity index (χ0n) is 8.83. The van der Waals surface area contributed by atoms with Gasteiger partial charge in [-0.25, -0.2) is 4.98 Å². The molecule has 1 saturated carbocycles. The molecule has 0 unspecified atom stereocenters. The molecular formula is C11H17N3. The average Bonchev–Trinajstić information content (AvgIpc) is 2.99. The maximum absolute atomic E-state index is 5.76. The summed E-state index contributed by atoms with van der Waals surface area (Å²) in [5.74, 6) is 1.00. The lowest BCUT2D eigenvalue weighted by atomic mass is 9.98. The molecular weight excluding hydrogens is 174 g/mol. The van der Waals surface area contributed by atoms with Crippen molar-refractivity contribution in [1.29, 1.82) is 0 Å². The molecule has 1 aliphatic carbocycles. The highest BCUT2D eigenvalue weighted by Crippen LogP contribution is 2.46. The van der Waals surface area contributed by atoms with Gasteiger partial charge in [-0.1, -0.05) is 6.07 Å². The zero-order valence-corrected chi connectivity index (χ0v) is 8.83. The minimum absolute atomic E-state index is 0.262. The van der Waals surface area contributed by atoms with Gasteiger partial charge in [0, 0.05) is 32.3 Å². The summed E-state index contributed by atoms with van der Waals surface area (Å²) >= 11 is 0. The van der Waals surface area contributed by atoms with E-state index in [1.807, 2.05) is 25.2 Å². The molecule has 1 heterocycles. The summed E-state index contributed by atoms with van der Waals surface area (Å²) in [6.45, 7) is 0.746. The second-order valence-corrected chi connectivity index (χ2v) is 4.28. The Morgan fingerprint density at radius 1 is 1.43 bits per heavy atom. The standard InChI is InChI=1S/C11H17N3/c1-14(2)10-4-3-9(7-13-10)11(8-12)5-6-11/h3-4,7H,5-6,8,12H2,1-2H3. The van der Waals surface area contributed by atoms with Crippen LogP contribution in [0.15, 0.2) is 18.3 Å². The number of rotatable bonds is 3. The highest BCUT2D eigenvalue weighted by atomic mass is 15.1. The first-order valence-corrected chi connectivity index (χ1v) is 5.02. The Labute approximate surface area is 84.9 Å². The fourth-order valence-electron chi connectivity index (χ4n) is 1.73. The zero-order chi connectivity index (χ0) is 10.2. The van der Waals surface area contributed by atoms with Gasteiger partial charge in [0.05, 0.1) is 0 Å². The average molecular weight is 191 g/mol. The van der Waals surface area contributed by atoms with Crippen LogP contribution >= 0.6 is 0 Å². The van der Waals surface area contributed by atoms with Gasteiger partial charge in [-0.2, -0.15) is 0 Å². The van der Waals surface area contributed by atoms with Crippen LogP contribution in [0.4, 0.5) is 5.82 Å². The van der Waals surface area contributed by atoms with Crippen molar-refractivity contribution in [3.8, 4) is 0 Å². The summed E-state index contributed by atoms with van der Waals surface area (Å²) < 4.78 is 0. The van der Waals surface area contributed by atoms with E-state index in [0.717, 1.165) is 12.4 Å². The Hall–Kier alpha value is -1.09. The van der Waals surface area contributed by atoms with E-state index in [2.05, 4.69) is 17.1 Å². The maximum atomic E-state index is 5.76. The van der Waals surface area contributed by atoms with Crippen LogP contribution in [0.3, 0.4) is 0 Å². The van der Waals surface area contributed by atoms with Gasteiger partial charge in [0.15, 0.2) is 0 Å². The van der Waals surface area contributed by atoms with Crippen molar-refractivity contribution in [1.82, 2.24) is 4.98 Å². The first-order valence-electron chi connectivity index (χ1n) is 5.02. The molecule has 0 radical (unpaired) electrons. The largest absolute Gasteiger partial charge is 0.363 e. The molecule has 0 bridgehead atoms. The third-order valence-electron chi connectivity index (χ3n) is 3.06. The summed E-state index contributed by atoms with van der Waals surface area (Å²) in [5, 5.41) is 0. The molecule has 0 spiro atoms. The Kier molecular flexibility index (Phi) is 2.19. The Morgan fingerprint density at radius 3 is 2.50 bits per heavy atom. The number of anilines is 1. The molecule has 0 amide bonds. The number of hydrogen-bond acceptors (Lipinski definition) is 3. The van der Waals surface area contributed by atoms with Crippen molar-refractivity contribution in [2.24, 2.45) is 5.73 Å². The number of hydrogen-bond donors (Lipinski definition) is 1. The van der Waals surface area contributed by atoms with Crippen molar-refractivity contribution in [3.63, 3.8) is 0 Å². The summed E-state index contributed by atoms with van der Waals surface area (Å²) in [6, 6.07) is 4.22. The van der Waals surface area contributed by atoms with Crippen LogP contribution in [0.5, 0.6) is 0 Å². The summed E-state index contributed by atoms with van der Waals surface area (Å²) in [7, 11) is 4.00. The molecule has 76 valence electrons. The number of nitrogens with two attached hydrogens (primary N) is 1. The fourth-order valence-corrected chi connectivity index (χ4v) is 1.73. The third kappa shape index (κ3) is 1.48. The lowest BCUT2D eigenvalue weighted by Crippen LogP contribution is -2.20. The Balaban J connectivity index is 2.22. The molecule has 2 rings (SSSR count). The molecule has 0 aromatic carbocycles. The molecule has 1 aromatic heterocycles. The molecule has 0 aliphatic heterocycles. The number of aromatic nitrogens is 1. The molecule has 3 heteroatoms. The van der Waals surface area contributed by atoms with Crippen molar-refractivity contribution in [3.05, 3.63) is 23.9 Å². The maximum Gasteiger partial charge on any atom is 0.127 e. The second kappa shape index (κ2) is 3.24. The number of nitrogens with zero attached hydrogens (tertiary/aromatic N) is 2. The van der Waals surface area contributed by atoms with Gasteiger partial charge in [0.2, 0.25) is 0 Å². The van der Waals surface area contributed by atoms with Crippen molar-refractivity contribution in [2.45, 2.75) is 18.3 Å². The predicted molar refractivity (Wildman–Crippen MR) is 58.5 cm³/mol. The van der Waals surface area contributed by atoms with Gasteiger partial charge in [-0.05, 0) is 24.5 Å². The van der Waals surface area contributed by atoms with Gasteiger partial charge in [-0.3, -0.25) is 0 Å². The third-order valence-corrected chi connectivity index (χ3v) is 3.06. The van der Waals surface area contributed by atoms with E-state index in [4.69, 9.17) is 5.73 Å². The van der Waals surface area contributed by atoms with E-state index in [-0.39, 0.29) is 5.41 Å². The van der Waals surface area contributed by atoms with Crippen molar-refractivity contribution >= 4 is 5.82 Å². The Morgan fingerprint density at radius 2 is 2.14 bits per heavy atom. The van der Waals surface area contributed by atoms with Crippen LogP contribution in [-0.4, -0.2) is 25.6 Å².